The van der Waals surface area contributed by atoms with Gasteiger partial charge in [-0.25, -0.2) is 14.2 Å². The lowest BCUT2D eigenvalue weighted by molar-refractivity contribution is 0.0492. The Kier molecular flexibility index (Phi) is 6.19. The van der Waals surface area contributed by atoms with E-state index in [0.717, 1.165) is 12.1 Å². The molecule has 0 aliphatic rings. The average molecular weight is 516 g/mol. The minimum Gasteiger partial charge on any atom is -0.460 e. The summed E-state index contributed by atoms with van der Waals surface area (Å²) in [6.07, 6.45) is 0. The van der Waals surface area contributed by atoms with Crippen LogP contribution in [-0.4, -0.2) is 29.1 Å². The van der Waals surface area contributed by atoms with Gasteiger partial charge in [-0.15, -0.1) is 0 Å². The standard InChI is InChI=1S/C25H17ClF3N3O4/c1-2-34-23(33)20-10-13-4-3-5-19(22(13)36-20)35-16-8-6-15(7-9-16)32(24(28)29)25-30-18-12-14(27)11-17(26)21(18)31-25/h3-12,24H,2H2,1H3,(H,30,31). The molecule has 0 saturated carbocycles. The highest BCUT2D eigenvalue weighted by Gasteiger charge is 2.24. The van der Waals surface area contributed by atoms with Gasteiger partial charge in [0.2, 0.25) is 11.7 Å². The number of anilines is 2. The van der Waals surface area contributed by atoms with E-state index >= 15 is 0 Å². The molecule has 0 radical (unpaired) electrons. The lowest BCUT2D eigenvalue weighted by Gasteiger charge is -2.21. The van der Waals surface area contributed by atoms with Crippen LogP contribution in [0.5, 0.6) is 11.5 Å². The highest BCUT2D eigenvalue weighted by Crippen LogP contribution is 2.35. The van der Waals surface area contributed by atoms with Crippen molar-refractivity contribution in [1.82, 2.24) is 9.97 Å². The molecular weight excluding hydrogens is 499 g/mol. The Bertz CT molecular complexity index is 1570. The zero-order valence-corrected chi connectivity index (χ0v) is 19.4. The summed E-state index contributed by atoms with van der Waals surface area (Å²) in [5.41, 5.74) is 0.806. The number of para-hydroxylation sites is 1. The maximum absolute atomic E-state index is 14.0. The summed E-state index contributed by atoms with van der Waals surface area (Å²) in [6, 6.07) is 14.7. The first-order chi connectivity index (χ1) is 17.3. The van der Waals surface area contributed by atoms with Gasteiger partial charge in [0.1, 0.15) is 17.1 Å². The van der Waals surface area contributed by atoms with Gasteiger partial charge in [0.05, 0.1) is 17.1 Å². The number of carbonyl (C=O) groups excluding carboxylic acids is 1. The Labute approximate surface area is 207 Å². The molecule has 2 heterocycles. The minimum absolute atomic E-state index is 0.00341. The van der Waals surface area contributed by atoms with E-state index in [1.165, 1.54) is 24.3 Å². The molecule has 0 atom stereocenters. The van der Waals surface area contributed by atoms with Gasteiger partial charge in [0.15, 0.2) is 11.3 Å². The van der Waals surface area contributed by atoms with Crippen molar-refractivity contribution in [3.8, 4) is 11.5 Å². The predicted molar refractivity (Wildman–Crippen MR) is 128 cm³/mol. The van der Waals surface area contributed by atoms with Gasteiger partial charge in [0.25, 0.3) is 0 Å². The van der Waals surface area contributed by atoms with Crippen molar-refractivity contribution in [2.45, 2.75) is 13.5 Å². The number of H-pyrrole nitrogens is 1. The van der Waals surface area contributed by atoms with Gasteiger partial charge in [-0.3, -0.25) is 4.90 Å². The Morgan fingerprint density at radius 3 is 2.67 bits per heavy atom. The van der Waals surface area contributed by atoms with Crippen LogP contribution in [0.2, 0.25) is 5.02 Å². The molecule has 0 spiro atoms. The largest absolute Gasteiger partial charge is 0.460 e. The van der Waals surface area contributed by atoms with Crippen molar-refractivity contribution in [3.05, 3.63) is 77.3 Å². The maximum atomic E-state index is 14.0. The van der Waals surface area contributed by atoms with Crippen molar-refractivity contribution >= 4 is 51.2 Å². The van der Waals surface area contributed by atoms with Gasteiger partial charge in [-0.2, -0.15) is 8.78 Å². The van der Waals surface area contributed by atoms with Gasteiger partial charge in [-0.05, 0) is 55.5 Å². The van der Waals surface area contributed by atoms with E-state index < -0.39 is 18.3 Å². The highest BCUT2D eigenvalue weighted by molar-refractivity contribution is 6.35. The molecule has 0 aliphatic carbocycles. The van der Waals surface area contributed by atoms with E-state index in [2.05, 4.69) is 9.97 Å². The number of rotatable bonds is 7. The van der Waals surface area contributed by atoms with Crippen LogP contribution in [0, 0.1) is 5.82 Å². The first kappa shape index (κ1) is 23.6. The molecule has 0 saturated heterocycles. The first-order valence-corrected chi connectivity index (χ1v) is 11.1. The van der Waals surface area contributed by atoms with E-state index in [1.54, 1.807) is 31.2 Å². The van der Waals surface area contributed by atoms with Crippen molar-refractivity contribution in [3.63, 3.8) is 0 Å². The number of carbonyl (C=O) groups is 1. The van der Waals surface area contributed by atoms with Crippen LogP contribution in [0.1, 0.15) is 17.5 Å². The van der Waals surface area contributed by atoms with Crippen LogP contribution >= 0.6 is 11.6 Å². The second kappa shape index (κ2) is 9.46. The summed E-state index contributed by atoms with van der Waals surface area (Å²) in [7, 11) is 0. The highest BCUT2D eigenvalue weighted by atomic mass is 35.5. The second-order valence-electron chi connectivity index (χ2n) is 7.59. The van der Waals surface area contributed by atoms with Crippen molar-refractivity contribution in [2.75, 3.05) is 11.5 Å². The molecule has 0 fully saturated rings. The number of benzene rings is 3. The summed E-state index contributed by atoms with van der Waals surface area (Å²) in [5, 5.41) is 0.639. The van der Waals surface area contributed by atoms with E-state index in [1.807, 2.05) is 0 Å². The minimum atomic E-state index is -2.96. The summed E-state index contributed by atoms with van der Waals surface area (Å²) < 4.78 is 58.1. The average Bonchev–Trinajstić information content (AvgIpc) is 3.46. The van der Waals surface area contributed by atoms with Crippen molar-refractivity contribution < 1.29 is 31.9 Å². The zero-order chi connectivity index (χ0) is 25.4. The number of nitrogens with one attached hydrogen (secondary N) is 1. The Balaban J connectivity index is 1.43. The van der Waals surface area contributed by atoms with Gasteiger partial charge < -0.3 is 18.9 Å². The number of hydrogen-bond acceptors (Lipinski definition) is 6. The maximum Gasteiger partial charge on any atom is 0.374 e. The number of fused-ring (bicyclic) bond motifs is 2. The van der Waals surface area contributed by atoms with Crippen LogP contribution in [0.4, 0.5) is 24.8 Å². The number of aromatic amines is 1. The number of aromatic nitrogens is 2. The number of nitrogens with zero attached hydrogens (tertiary/aromatic N) is 2. The van der Waals surface area contributed by atoms with Crippen molar-refractivity contribution in [2.24, 2.45) is 0 Å². The van der Waals surface area contributed by atoms with Gasteiger partial charge in [0, 0.05) is 11.1 Å². The number of esters is 1. The molecule has 5 rings (SSSR count). The monoisotopic (exact) mass is 515 g/mol. The van der Waals surface area contributed by atoms with Crippen LogP contribution in [-0.2, 0) is 4.74 Å². The zero-order valence-electron chi connectivity index (χ0n) is 18.6. The van der Waals surface area contributed by atoms with E-state index in [4.69, 9.17) is 25.5 Å². The third kappa shape index (κ3) is 4.42. The number of alkyl halides is 2. The fourth-order valence-electron chi connectivity index (χ4n) is 3.69. The van der Waals surface area contributed by atoms with Crippen molar-refractivity contribution in [1.29, 1.82) is 0 Å². The van der Waals surface area contributed by atoms with Crippen LogP contribution in [0.3, 0.4) is 0 Å². The smallest absolute Gasteiger partial charge is 0.374 e. The second-order valence-corrected chi connectivity index (χ2v) is 8.00. The van der Waals surface area contributed by atoms with E-state index in [-0.39, 0.29) is 40.1 Å². The van der Waals surface area contributed by atoms with Crippen LogP contribution < -0.4 is 9.64 Å². The Morgan fingerprint density at radius 2 is 1.94 bits per heavy atom. The third-order valence-electron chi connectivity index (χ3n) is 5.24. The fourth-order valence-corrected chi connectivity index (χ4v) is 3.94. The Hall–Kier alpha value is -4.18. The number of furan rings is 1. The van der Waals surface area contributed by atoms with Crippen LogP contribution in [0.25, 0.3) is 22.0 Å². The molecule has 36 heavy (non-hydrogen) atoms. The molecule has 5 aromatic rings. The molecule has 184 valence electrons. The number of ether oxygens (including phenoxy) is 2. The summed E-state index contributed by atoms with van der Waals surface area (Å²) >= 11 is 6.00. The van der Waals surface area contributed by atoms with Gasteiger partial charge in [-0.1, -0.05) is 23.7 Å². The molecule has 0 aliphatic heterocycles. The topological polar surface area (TPSA) is 80.6 Å². The van der Waals surface area contributed by atoms with Gasteiger partial charge >= 0.3 is 12.5 Å². The molecule has 7 nitrogen and oxygen atoms in total. The summed E-state index contributed by atoms with van der Waals surface area (Å²) in [5.74, 6) is -0.705. The molecule has 0 amide bonds. The fraction of sp³-hybridized carbons (Fsp3) is 0.120. The molecular formula is C25H17ClF3N3O4. The first-order valence-electron chi connectivity index (χ1n) is 10.7. The molecule has 2 aromatic heterocycles. The number of halogens is 4. The molecule has 11 heteroatoms. The molecule has 3 aromatic carbocycles. The third-order valence-corrected chi connectivity index (χ3v) is 5.53. The lowest BCUT2D eigenvalue weighted by Crippen LogP contribution is -2.24. The van der Waals surface area contributed by atoms with Crippen LogP contribution in [0.15, 0.2) is 65.1 Å². The Morgan fingerprint density at radius 1 is 1.17 bits per heavy atom. The molecule has 0 bridgehead atoms. The molecule has 0 unspecified atom stereocenters. The number of hydrogen-bond donors (Lipinski definition) is 1. The molecule has 1 N–H and O–H groups in total. The quantitative estimate of drug-likeness (QED) is 0.179. The summed E-state index contributed by atoms with van der Waals surface area (Å²) in [4.78, 5) is 19.4. The normalized spacial score (nSPS) is 11.4. The van der Waals surface area contributed by atoms with E-state index in [0.29, 0.717) is 27.4 Å². The number of imidazole rings is 1. The SMILES string of the molecule is CCOC(=O)c1cc2cccc(Oc3ccc(N(c4nc5c(Cl)cc(F)cc5[nH]4)C(F)F)cc3)c2o1. The summed E-state index contributed by atoms with van der Waals surface area (Å²) in [6.45, 7) is -1.06. The lowest BCUT2D eigenvalue weighted by atomic mass is 10.2. The predicted octanol–water partition coefficient (Wildman–Crippen LogP) is 7.43. The van der Waals surface area contributed by atoms with E-state index in [9.17, 15) is 18.0 Å².